The minimum absolute atomic E-state index is 0.0672. The van der Waals surface area contributed by atoms with E-state index >= 15 is 0 Å². The van der Waals surface area contributed by atoms with Crippen LogP contribution in [0.3, 0.4) is 0 Å². The van der Waals surface area contributed by atoms with Crippen LogP contribution in [-0.4, -0.2) is 25.2 Å². The highest BCUT2D eigenvalue weighted by atomic mass is 19.4. The molecule has 0 aromatic heterocycles. The average molecular weight is 250 g/mol. The number of Topliss-reactive ketones (excluding diaryl/α,β-unsaturated/α-hetero) is 1. The summed E-state index contributed by atoms with van der Waals surface area (Å²) >= 11 is 0. The summed E-state index contributed by atoms with van der Waals surface area (Å²) in [4.78, 5) is 12.0. The van der Waals surface area contributed by atoms with Crippen molar-refractivity contribution in [3.63, 3.8) is 0 Å². The third-order valence-corrected chi connectivity index (χ3v) is 3.92. The zero-order valence-corrected chi connectivity index (χ0v) is 9.63. The van der Waals surface area contributed by atoms with Crippen LogP contribution in [0.2, 0.25) is 0 Å². The van der Waals surface area contributed by atoms with Crippen LogP contribution in [0.25, 0.3) is 0 Å². The van der Waals surface area contributed by atoms with Crippen molar-refractivity contribution >= 4 is 5.78 Å². The maximum atomic E-state index is 12.5. The quantitative estimate of drug-likeness (QED) is 0.753. The largest absolute Gasteiger partial charge is 0.391 e. The van der Waals surface area contributed by atoms with Gasteiger partial charge in [-0.15, -0.1) is 0 Å². The highest BCUT2D eigenvalue weighted by Crippen LogP contribution is 2.40. The minimum atomic E-state index is -4.09. The van der Waals surface area contributed by atoms with Gasteiger partial charge in [0.25, 0.3) is 0 Å². The predicted octanol–water partition coefficient (Wildman–Crippen LogP) is 2.96. The van der Waals surface area contributed by atoms with Crippen molar-refractivity contribution in [2.75, 3.05) is 13.2 Å². The van der Waals surface area contributed by atoms with Crippen molar-refractivity contribution in [2.24, 2.45) is 17.8 Å². The normalized spacial score (nSPS) is 34.9. The monoisotopic (exact) mass is 250 g/mol. The first-order chi connectivity index (χ1) is 7.98. The molecule has 1 atom stereocenters. The number of rotatable bonds is 2. The molecule has 0 aromatic rings. The summed E-state index contributed by atoms with van der Waals surface area (Å²) in [6.07, 6.45) is -2.37. The molecule has 98 valence electrons. The number of alkyl halides is 3. The molecule has 2 rings (SSSR count). The summed E-state index contributed by atoms with van der Waals surface area (Å²) in [5.74, 6) is -1.31. The molecule has 2 fully saturated rings. The molecular formula is C12H17F3O2. The van der Waals surface area contributed by atoms with Crippen molar-refractivity contribution in [3.05, 3.63) is 0 Å². The van der Waals surface area contributed by atoms with Crippen molar-refractivity contribution in [1.29, 1.82) is 0 Å². The third kappa shape index (κ3) is 3.00. The minimum Gasteiger partial charge on any atom is -0.381 e. The van der Waals surface area contributed by atoms with E-state index in [1.807, 2.05) is 0 Å². The fraction of sp³-hybridized carbons (Fsp3) is 0.917. The van der Waals surface area contributed by atoms with Gasteiger partial charge in [0.1, 0.15) is 5.78 Å². The Balaban J connectivity index is 1.84. The zero-order chi connectivity index (χ0) is 12.5. The number of carbonyl (C=O) groups is 1. The van der Waals surface area contributed by atoms with E-state index < -0.39 is 12.1 Å². The lowest BCUT2D eigenvalue weighted by atomic mass is 9.77. The van der Waals surface area contributed by atoms with E-state index in [2.05, 4.69) is 0 Å². The molecule has 1 unspecified atom stereocenters. The third-order valence-electron chi connectivity index (χ3n) is 3.92. The molecule has 1 saturated heterocycles. The SMILES string of the molecule is O=C(C1CCC(C(F)(F)F)CC1)C1CCOC1. The lowest BCUT2D eigenvalue weighted by Gasteiger charge is -2.30. The molecule has 17 heavy (non-hydrogen) atoms. The Morgan fingerprint density at radius 1 is 1.00 bits per heavy atom. The zero-order valence-electron chi connectivity index (χ0n) is 9.63. The van der Waals surface area contributed by atoms with Gasteiger partial charge in [0, 0.05) is 18.4 Å². The number of carbonyl (C=O) groups excluding carboxylic acids is 1. The molecule has 1 aliphatic carbocycles. The Morgan fingerprint density at radius 3 is 2.12 bits per heavy atom. The molecular weight excluding hydrogens is 233 g/mol. The van der Waals surface area contributed by atoms with Crippen LogP contribution in [-0.2, 0) is 9.53 Å². The average Bonchev–Trinajstić information content (AvgIpc) is 2.80. The summed E-state index contributed by atoms with van der Waals surface area (Å²) in [5, 5.41) is 0. The lowest BCUT2D eigenvalue weighted by molar-refractivity contribution is -0.184. The number of hydrogen-bond acceptors (Lipinski definition) is 2. The maximum absolute atomic E-state index is 12.5. The van der Waals surface area contributed by atoms with Crippen molar-refractivity contribution < 1.29 is 22.7 Å². The van der Waals surface area contributed by atoms with Gasteiger partial charge < -0.3 is 4.74 Å². The molecule has 0 radical (unpaired) electrons. The second kappa shape index (κ2) is 4.96. The number of halogens is 3. The van der Waals surface area contributed by atoms with Crippen LogP contribution in [0.5, 0.6) is 0 Å². The van der Waals surface area contributed by atoms with Gasteiger partial charge in [-0.2, -0.15) is 13.2 Å². The molecule has 0 bridgehead atoms. The molecule has 0 spiro atoms. The van der Waals surface area contributed by atoms with Gasteiger partial charge in [-0.1, -0.05) is 0 Å². The van der Waals surface area contributed by atoms with Crippen LogP contribution in [0, 0.1) is 17.8 Å². The number of ether oxygens (including phenoxy) is 1. The van der Waals surface area contributed by atoms with E-state index in [1.54, 1.807) is 0 Å². The second-order valence-corrected chi connectivity index (χ2v) is 5.05. The Hall–Kier alpha value is -0.580. The van der Waals surface area contributed by atoms with Crippen LogP contribution in [0.4, 0.5) is 13.2 Å². The van der Waals surface area contributed by atoms with E-state index in [0.29, 0.717) is 26.1 Å². The van der Waals surface area contributed by atoms with Gasteiger partial charge in [0.05, 0.1) is 12.5 Å². The Labute approximate surface area is 98.5 Å². The second-order valence-electron chi connectivity index (χ2n) is 5.05. The van der Waals surface area contributed by atoms with E-state index in [-0.39, 0.29) is 30.5 Å². The van der Waals surface area contributed by atoms with E-state index in [0.717, 1.165) is 6.42 Å². The molecule has 0 N–H and O–H groups in total. The van der Waals surface area contributed by atoms with Crippen LogP contribution < -0.4 is 0 Å². The predicted molar refractivity (Wildman–Crippen MR) is 55.4 cm³/mol. The first-order valence-electron chi connectivity index (χ1n) is 6.16. The molecule has 1 aliphatic heterocycles. The maximum Gasteiger partial charge on any atom is 0.391 e. The van der Waals surface area contributed by atoms with Crippen LogP contribution >= 0.6 is 0 Å². The van der Waals surface area contributed by atoms with E-state index in [4.69, 9.17) is 4.74 Å². The molecule has 1 heterocycles. The molecule has 0 aromatic carbocycles. The fourth-order valence-corrected chi connectivity index (χ4v) is 2.80. The van der Waals surface area contributed by atoms with Gasteiger partial charge in [-0.3, -0.25) is 4.79 Å². The van der Waals surface area contributed by atoms with Crippen molar-refractivity contribution in [1.82, 2.24) is 0 Å². The van der Waals surface area contributed by atoms with E-state index in [1.165, 1.54) is 0 Å². The first-order valence-corrected chi connectivity index (χ1v) is 6.16. The summed E-state index contributed by atoms with van der Waals surface area (Å²) in [6.45, 7) is 1.06. The van der Waals surface area contributed by atoms with Crippen molar-refractivity contribution in [2.45, 2.75) is 38.3 Å². The highest BCUT2D eigenvalue weighted by Gasteiger charge is 2.43. The summed E-state index contributed by atoms with van der Waals surface area (Å²) in [6, 6.07) is 0. The molecule has 0 amide bonds. The first kappa shape index (κ1) is 12.9. The Bertz CT molecular complexity index is 274. The van der Waals surface area contributed by atoms with Gasteiger partial charge in [-0.25, -0.2) is 0 Å². The van der Waals surface area contributed by atoms with Crippen LogP contribution in [0.15, 0.2) is 0 Å². The summed E-state index contributed by atoms with van der Waals surface area (Å²) in [7, 11) is 0. The molecule has 2 aliphatic rings. The smallest absolute Gasteiger partial charge is 0.381 e. The highest BCUT2D eigenvalue weighted by molar-refractivity contribution is 5.83. The van der Waals surface area contributed by atoms with Crippen LogP contribution in [0.1, 0.15) is 32.1 Å². The summed E-state index contributed by atoms with van der Waals surface area (Å²) in [5.41, 5.74) is 0. The number of ketones is 1. The van der Waals surface area contributed by atoms with Gasteiger partial charge in [0.2, 0.25) is 0 Å². The van der Waals surface area contributed by atoms with Crippen molar-refractivity contribution in [3.8, 4) is 0 Å². The molecule has 5 heteroatoms. The van der Waals surface area contributed by atoms with Gasteiger partial charge >= 0.3 is 6.18 Å². The topological polar surface area (TPSA) is 26.3 Å². The summed E-state index contributed by atoms with van der Waals surface area (Å²) < 4.78 is 42.5. The molecule has 1 saturated carbocycles. The fourth-order valence-electron chi connectivity index (χ4n) is 2.80. The molecule has 2 nitrogen and oxygen atoms in total. The van der Waals surface area contributed by atoms with E-state index in [9.17, 15) is 18.0 Å². The Morgan fingerprint density at radius 2 is 1.65 bits per heavy atom. The van der Waals surface area contributed by atoms with Gasteiger partial charge in [0.15, 0.2) is 0 Å². The standard InChI is InChI=1S/C12H17F3O2/c13-12(14,15)10-3-1-8(2-4-10)11(16)9-5-6-17-7-9/h8-10H,1-7H2. The lowest BCUT2D eigenvalue weighted by Crippen LogP contribution is -2.32. The number of hydrogen-bond donors (Lipinski definition) is 0. The van der Waals surface area contributed by atoms with Gasteiger partial charge in [-0.05, 0) is 32.1 Å². The Kier molecular flexibility index (Phi) is 3.76.